The molecule has 2 aromatic rings. The number of rotatable bonds is 3. The molecule has 0 radical (unpaired) electrons. The van der Waals surface area contributed by atoms with E-state index in [9.17, 15) is 14.0 Å². The van der Waals surface area contributed by atoms with Crippen molar-refractivity contribution in [3.8, 4) is 0 Å². The molecule has 2 amide bonds. The van der Waals surface area contributed by atoms with Crippen LogP contribution in [0.3, 0.4) is 0 Å². The largest absolute Gasteiger partial charge is 0.343 e. The Balaban J connectivity index is 1.61. The van der Waals surface area contributed by atoms with Crippen molar-refractivity contribution in [2.75, 3.05) is 13.1 Å². The van der Waals surface area contributed by atoms with Crippen LogP contribution in [-0.2, 0) is 17.8 Å². The molecule has 1 N–H and O–H groups in total. The molecule has 0 aliphatic carbocycles. The van der Waals surface area contributed by atoms with E-state index in [0.29, 0.717) is 13.1 Å². The molecule has 0 bridgehead atoms. The van der Waals surface area contributed by atoms with Gasteiger partial charge in [0.15, 0.2) is 0 Å². The average molecular weight is 347 g/mol. The lowest BCUT2D eigenvalue weighted by molar-refractivity contribution is -0.131. The second-order valence-electron chi connectivity index (χ2n) is 5.61. The van der Waals surface area contributed by atoms with Crippen LogP contribution in [0.4, 0.5) is 4.39 Å². The monoisotopic (exact) mass is 346 g/mol. The molecule has 0 unspecified atom stereocenters. The predicted molar refractivity (Wildman–Crippen MR) is 89.3 cm³/mol. The molecule has 1 aliphatic heterocycles. The standard InChI is InChI=1S/C18H16ClFN2O2/c19-14-6-3-7-15(20)17(14)18(24)21-10-16(23)22-9-8-12-4-1-2-5-13(12)11-22/h1-7H,8-11H2,(H,21,24). The molecule has 124 valence electrons. The summed E-state index contributed by atoms with van der Waals surface area (Å²) < 4.78 is 13.7. The molecule has 0 aromatic heterocycles. The van der Waals surface area contributed by atoms with Crippen LogP contribution in [0.5, 0.6) is 0 Å². The Kier molecular flexibility index (Phi) is 4.81. The van der Waals surface area contributed by atoms with Gasteiger partial charge in [-0.1, -0.05) is 41.9 Å². The average Bonchev–Trinajstić information content (AvgIpc) is 2.59. The molecule has 6 heteroatoms. The number of halogens is 2. The maximum Gasteiger partial charge on any atom is 0.256 e. The summed E-state index contributed by atoms with van der Waals surface area (Å²) in [7, 11) is 0. The van der Waals surface area contributed by atoms with Gasteiger partial charge in [-0.15, -0.1) is 0 Å². The molecule has 0 saturated carbocycles. The first-order chi connectivity index (χ1) is 11.6. The van der Waals surface area contributed by atoms with Crippen LogP contribution in [0.2, 0.25) is 5.02 Å². The SMILES string of the molecule is O=C(NCC(=O)N1CCc2ccccc2C1)c1c(F)cccc1Cl. The van der Waals surface area contributed by atoms with Gasteiger partial charge >= 0.3 is 0 Å². The van der Waals surface area contributed by atoms with Gasteiger partial charge in [-0.05, 0) is 29.7 Å². The minimum Gasteiger partial charge on any atom is -0.343 e. The van der Waals surface area contributed by atoms with E-state index in [4.69, 9.17) is 11.6 Å². The zero-order chi connectivity index (χ0) is 17.1. The zero-order valence-electron chi connectivity index (χ0n) is 12.9. The van der Waals surface area contributed by atoms with Gasteiger partial charge < -0.3 is 10.2 Å². The van der Waals surface area contributed by atoms with Gasteiger partial charge in [-0.3, -0.25) is 9.59 Å². The van der Waals surface area contributed by atoms with Crippen molar-refractivity contribution < 1.29 is 14.0 Å². The van der Waals surface area contributed by atoms with Crippen LogP contribution in [0, 0.1) is 5.82 Å². The Labute approximate surface area is 144 Å². The first-order valence-corrected chi connectivity index (χ1v) is 8.01. The second kappa shape index (κ2) is 7.01. The Hall–Kier alpha value is -2.40. The van der Waals surface area contributed by atoms with E-state index >= 15 is 0 Å². The fraction of sp³-hybridized carbons (Fsp3) is 0.222. The normalized spacial score (nSPS) is 13.3. The van der Waals surface area contributed by atoms with Gasteiger partial charge in [0.05, 0.1) is 17.1 Å². The van der Waals surface area contributed by atoms with Crippen molar-refractivity contribution in [2.24, 2.45) is 0 Å². The Morgan fingerprint density at radius 1 is 1.12 bits per heavy atom. The third kappa shape index (κ3) is 3.41. The van der Waals surface area contributed by atoms with Crippen molar-refractivity contribution in [1.82, 2.24) is 10.2 Å². The third-order valence-electron chi connectivity index (χ3n) is 4.07. The number of fused-ring (bicyclic) bond motifs is 1. The molecule has 0 spiro atoms. The number of nitrogens with one attached hydrogen (secondary N) is 1. The molecule has 0 saturated heterocycles. The molecular weight excluding hydrogens is 331 g/mol. The van der Waals surface area contributed by atoms with E-state index in [1.807, 2.05) is 18.2 Å². The van der Waals surface area contributed by atoms with Crippen LogP contribution >= 0.6 is 11.6 Å². The Morgan fingerprint density at radius 3 is 2.62 bits per heavy atom. The minimum absolute atomic E-state index is 0.0202. The summed E-state index contributed by atoms with van der Waals surface area (Å²) in [6, 6.07) is 12.0. The summed E-state index contributed by atoms with van der Waals surface area (Å²) in [5.74, 6) is -1.60. The molecule has 3 rings (SSSR count). The lowest BCUT2D eigenvalue weighted by Crippen LogP contribution is -2.42. The van der Waals surface area contributed by atoms with E-state index in [1.54, 1.807) is 4.90 Å². The van der Waals surface area contributed by atoms with Crippen molar-refractivity contribution in [3.63, 3.8) is 0 Å². The smallest absolute Gasteiger partial charge is 0.256 e. The van der Waals surface area contributed by atoms with Crippen molar-refractivity contribution in [2.45, 2.75) is 13.0 Å². The summed E-state index contributed by atoms with van der Waals surface area (Å²) in [5, 5.41) is 2.47. The van der Waals surface area contributed by atoms with Gasteiger partial charge in [-0.25, -0.2) is 4.39 Å². The van der Waals surface area contributed by atoms with E-state index in [1.165, 1.54) is 17.7 Å². The highest BCUT2D eigenvalue weighted by atomic mass is 35.5. The highest BCUT2D eigenvalue weighted by Gasteiger charge is 2.22. The van der Waals surface area contributed by atoms with E-state index in [-0.39, 0.29) is 23.0 Å². The van der Waals surface area contributed by atoms with Gasteiger partial charge in [-0.2, -0.15) is 0 Å². The number of nitrogens with zero attached hydrogens (tertiary/aromatic N) is 1. The van der Waals surface area contributed by atoms with Crippen LogP contribution in [0.15, 0.2) is 42.5 Å². The summed E-state index contributed by atoms with van der Waals surface area (Å²) in [6.45, 7) is 0.934. The highest BCUT2D eigenvalue weighted by Crippen LogP contribution is 2.20. The quantitative estimate of drug-likeness (QED) is 0.929. The lowest BCUT2D eigenvalue weighted by Gasteiger charge is -2.29. The van der Waals surface area contributed by atoms with E-state index in [0.717, 1.165) is 18.1 Å². The minimum atomic E-state index is -0.709. The predicted octanol–water partition coefficient (Wildman–Crippen LogP) is 2.79. The summed E-state index contributed by atoms with van der Waals surface area (Å²) in [4.78, 5) is 26.0. The number of benzene rings is 2. The lowest BCUT2D eigenvalue weighted by atomic mass is 10.00. The van der Waals surface area contributed by atoms with Crippen molar-refractivity contribution in [3.05, 3.63) is 70.0 Å². The first kappa shape index (κ1) is 16.5. The van der Waals surface area contributed by atoms with Crippen LogP contribution in [-0.4, -0.2) is 29.8 Å². The Bertz CT molecular complexity index is 774. The molecule has 0 atom stereocenters. The van der Waals surface area contributed by atoms with E-state index in [2.05, 4.69) is 11.4 Å². The number of hydrogen-bond donors (Lipinski definition) is 1. The summed E-state index contributed by atoms with van der Waals surface area (Å²) in [5.41, 5.74) is 2.11. The maximum atomic E-state index is 13.7. The van der Waals surface area contributed by atoms with Crippen LogP contribution < -0.4 is 5.32 Å². The molecule has 0 fully saturated rings. The van der Waals surface area contributed by atoms with Gasteiger partial charge in [0.2, 0.25) is 5.91 Å². The second-order valence-corrected chi connectivity index (χ2v) is 6.02. The van der Waals surface area contributed by atoms with Crippen LogP contribution in [0.25, 0.3) is 0 Å². The van der Waals surface area contributed by atoms with Crippen LogP contribution in [0.1, 0.15) is 21.5 Å². The molecule has 1 heterocycles. The number of carbonyl (C=O) groups is 2. The fourth-order valence-electron chi connectivity index (χ4n) is 2.78. The molecule has 1 aliphatic rings. The summed E-state index contributed by atoms with van der Waals surface area (Å²) >= 11 is 5.85. The third-order valence-corrected chi connectivity index (χ3v) is 4.39. The van der Waals surface area contributed by atoms with E-state index < -0.39 is 11.7 Å². The van der Waals surface area contributed by atoms with Crippen molar-refractivity contribution in [1.29, 1.82) is 0 Å². The zero-order valence-corrected chi connectivity index (χ0v) is 13.6. The first-order valence-electron chi connectivity index (χ1n) is 7.63. The van der Waals surface area contributed by atoms with Gasteiger partial charge in [0.25, 0.3) is 5.91 Å². The van der Waals surface area contributed by atoms with Gasteiger partial charge in [0.1, 0.15) is 5.82 Å². The fourth-order valence-corrected chi connectivity index (χ4v) is 3.03. The molecular formula is C18H16ClFN2O2. The highest BCUT2D eigenvalue weighted by molar-refractivity contribution is 6.33. The molecule has 24 heavy (non-hydrogen) atoms. The molecule has 4 nitrogen and oxygen atoms in total. The molecule has 2 aromatic carbocycles. The topological polar surface area (TPSA) is 49.4 Å². The maximum absolute atomic E-state index is 13.7. The number of carbonyl (C=O) groups excluding carboxylic acids is 2. The Morgan fingerprint density at radius 2 is 1.88 bits per heavy atom. The van der Waals surface area contributed by atoms with Gasteiger partial charge in [0, 0.05) is 13.1 Å². The number of amides is 2. The number of hydrogen-bond acceptors (Lipinski definition) is 2. The van der Waals surface area contributed by atoms with Crippen molar-refractivity contribution >= 4 is 23.4 Å². The summed E-state index contributed by atoms with van der Waals surface area (Å²) in [6.07, 6.45) is 0.787.